The van der Waals surface area contributed by atoms with E-state index >= 15 is 0 Å². The van der Waals surface area contributed by atoms with Crippen LogP contribution in [0.2, 0.25) is 0 Å². The van der Waals surface area contributed by atoms with Gasteiger partial charge in [-0.05, 0) is 75.5 Å². The fourth-order valence-electron chi connectivity index (χ4n) is 2.29. The molecule has 0 unspecified atom stereocenters. The first-order valence-corrected chi connectivity index (χ1v) is 10.3. The third-order valence-corrected chi connectivity index (χ3v) is 4.76. The first-order valence-electron chi connectivity index (χ1n) is 8.70. The minimum Gasteiger partial charge on any atom is -0.493 e. The molecule has 29 heavy (non-hydrogen) atoms. The molecule has 0 aliphatic heterocycles. The number of nitrogens with one attached hydrogen (secondary N) is 2. The highest BCUT2D eigenvalue weighted by atomic mass is 79.9. The Kier molecular flexibility index (Phi) is 8.66. The van der Waals surface area contributed by atoms with Crippen LogP contribution < -0.4 is 20.2 Å². The van der Waals surface area contributed by atoms with Gasteiger partial charge in [0.25, 0.3) is 0 Å². The number of benzene rings is 2. The molecule has 0 fully saturated rings. The second kappa shape index (κ2) is 11.0. The lowest BCUT2D eigenvalue weighted by atomic mass is 10.2. The summed E-state index contributed by atoms with van der Waals surface area (Å²) in [5.74, 6) is 0.155. The van der Waals surface area contributed by atoms with Crippen molar-refractivity contribution in [2.45, 2.75) is 26.4 Å². The highest BCUT2D eigenvalue weighted by Crippen LogP contribution is 2.36. The van der Waals surface area contributed by atoms with Gasteiger partial charge in [-0.15, -0.1) is 0 Å². The molecule has 9 heteroatoms. The van der Waals surface area contributed by atoms with Gasteiger partial charge < -0.3 is 14.8 Å². The summed E-state index contributed by atoms with van der Waals surface area (Å²) in [5.41, 5.74) is 3.61. The summed E-state index contributed by atoms with van der Waals surface area (Å²) in [5, 5.41) is 6.55. The van der Waals surface area contributed by atoms with Crippen molar-refractivity contribution in [2.75, 3.05) is 12.4 Å². The second-order valence-electron chi connectivity index (χ2n) is 6.20. The van der Waals surface area contributed by atoms with Gasteiger partial charge in [-0.25, -0.2) is 5.43 Å². The van der Waals surface area contributed by atoms with Crippen LogP contribution in [-0.4, -0.2) is 31.2 Å². The first kappa shape index (κ1) is 22.9. The number of amides is 2. The van der Waals surface area contributed by atoms with Crippen LogP contribution in [0.15, 0.2) is 50.4 Å². The van der Waals surface area contributed by atoms with Crippen LogP contribution in [0.1, 0.15) is 25.8 Å². The van der Waals surface area contributed by atoms with Crippen LogP contribution in [0.4, 0.5) is 5.69 Å². The maximum Gasteiger partial charge on any atom is 0.249 e. The number of halogens is 2. The van der Waals surface area contributed by atoms with E-state index in [9.17, 15) is 9.59 Å². The smallest absolute Gasteiger partial charge is 0.249 e. The molecular formula is C20H21Br2N3O4. The third kappa shape index (κ3) is 7.17. The molecule has 0 atom stereocenters. The molecule has 7 nitrogen and oxygen atoms in total. The molecule has 0 aliphatic carbocycles. The number of para-hydroxylation sites is 1. The lowest BCUT2D eigenvalue weighted by molar-refractivity contribution is -0.126. The van der Waals surface area contributed by atoms with Gasteiger partial charge >= 0.3 is 0 Å². The van der Waals surface area contributed by atoms with Gasteiger partial charge in [0.1, 0.15) is 6.42 Å². The van der Waals surface area contributed by atoms with Crippen molar-refractivity contribution in [3.63, 3.8) is 0 Å². The number of carbonyl (C=O) groups excluding carboxylic acids is 2. The predicted molar refractivity (Wildman–Crippen MR) is 120 cm³/mol. The number of ether oxygens (including phenoxy) is 2. The van der Waals surface area contributed by atoms with Gasteiger partial charge in [-0.2, -0.15) is 5.10 Å². The summed E-state index contributed by atoms with van der Waals surface area (Å²) in [6.07, 6.45) is 1.09. The number of methoxy groups -OCH3 is 1. The molecule has 0 heterocycles. The molecule has 2 aromatic rings. The van der Waals surface area contributed by atoms with Gasteiger partial charge in [0.15, 0.2) is 11.5 Å². The van der Waals surface area contributed by atoms with Gasteiger partial charge in [0.2, 0.25) is 11.8 Å². The van der Waals surface area contributed by atoms with E-state index in [1.807, 2.05) is 19.9 Å². The Morgan fingerprint density at radius 3 is 2.52 bits per heavy atom. The van der Waals surface area contributed by atoms with Crippen LogP contribution in [0.25, 0.3) is 0 Å². The summed E-state index contributed by atoms with van der Waals surface area (Å²) in [4.78, 5) is 23.9. The average molecular weight is 527 g/mol. The van der Waals surface area contributed by atoms with E-state index in [1.54, 1.807) is 37.4 Å². The van der Waals surface area contributed by atoms with Crippen molar-refractivity contribution in [3.8, 4) is 11.5 Å². The predicted octanol–water partition coefficient (Wildman–Crippen LogP) is 4.49. The van der Waals surface area contributed by atoms with Crippen molar-refractivity contribution < 1.29 is 19.1 Å². The van der Waals surface area contributed by atoms with Gasteiger partial charge in [-0.1, -0.05) is 12.1 Å². The summed E-state index contributed by atoms with van der Waals surface area (Å²) in [6, 6.07) is 10.7. The molecule has 0 aromatic heterocycles. The van der Waals surface area contributed by atoms with Crippen LogP contribution in [-0.2, 0) is 9.59 Å². The van der Waals surface area contributed by atoms with E-state index in [4.69, 9.17) is 9.47 Å². The number of carbonyl (C=O) groups is 2. The van der Waals surface area contributed by atoms with Gasteiger partial charge in [0.05, 0.1) is 29.6 Å². The SMILES string of the molecule is COc1cc(C=NNC(=O)CC(=O)Nc2ccccc2Br)cc(Br)c1OC(C)C. The molecule has 2 N–H and O–H groups in total. The standard InChI is InChI=1S/C20H21Br2N3O4/c1-12(2)29-20-15(22)8-13(9-17(20)28-3)11-23-25-19(27)10-18(26)24-16-7-5-4-6-14(16)21/h4-9,11-12H,10H2,1-3H3,(H,24,26)(H,25,27). The molecule has 0 spiro atoms. The monoisotopic (exact) mass is 525 g/mol. The number of hydrogen-bond acceptors (Lipinski definition) is 5. The zero-order chi connectivity index (χ0) is 21.4. The third-order valence-electron chi connectivity index (χ3n) is 3.48. The molecular weight excluding hydrogens is 506 g/mol. The zero-order valence-electron chi connectivity index (χ0n) is 16.2. The quantitative estimate of drug-likeness (QED) is 0.301. The molecule has 2 aromatic carbocycles. The van der Waals surface area contributed by atoms with Crippen LogP contribution in [0.5, 0.6) is 11.5 Å². The van der Waals surface area contributed by atoms with Crippen molar-refractivity contribution in [1.29, 1.82) is 0 Å². The summed E-state index contributed by atoms with van der Waals surface area (Å²) < 4.78 is 12.5. The van der Waals surface area contributed by atoms with Gasteiger partial charge in [-0.3, -0.25) is 9.59 Å². The van der Waals surface area contributed by atoms with Crippen molar-refractivity contribution in [1.82, 2.24) is 5.43 Å². The number of rotatable bonds is 8. The minimum atomic E-state index is -0.531. The molecule has 0 saturated heterocycles. The first-order chi connectivity index (χ1) is 13.8. The molecule has 0 radical (unpaired) electrons. The van der Waals surface area contributed by atoms with Crippen molar-refractivity contribution >= 4 is 55.6 Å². The second-order valence-corrected chi connectivity index (χ2v) is 7.91. The lowest BCUT2D eigenvalue weighted by Crippen LogP contribution is -2.24. The number of anilines is 1. The highest BCUT2D eigenvalue weighted by Gasteiger charge is 2.13. The van der Waals surface area contributed by atoms with E-state index in [0.717, 1.165) is 4.47 Å². The Hall–Kier alpha value is -2.39. The maximum atomic E-state index is 12.0. The Labute approximate surface area is 186 Å². The molecule has 154 valence electrons. The molecule has 2 rings (SSSR count). The van der Waals surface area contributed by atoms with Crippen molar-refractivity contribution in [2.24, 2.45) is 5.10 Å². The minimum absolute atomic E-state index is 0.0124. The van der Waals surface area contributed by atoms with Crippen LogP contribution >= 0.6 is 31.9 Å². The zero-order valence-corrected chi connectivity index (χ0v) is 19.3. The van der Waals surface area contributed by atoms with E-state index in [-0.39, 0.29) is 12.5 Å². The normalized spacial score (nSPS) is 10.8. The topological polar surface area (TPSA) is 89.0 Å². The van der Waals surface area contributed by atoms with E-state index in [2.05, 4.69) is 47.7 Å². The van der Waals surface area contributed by atoms with E-state index in [1.165, 1.54) is 6.21 Å². The van der Waals surface area contributed by atoms with E-state index < -0.39 is 11.8 Å². The summed E-state index contributed by atoms with van der Waals surface area (Å²) in [7, 11) is 1.54. The Morgan fingerprint density at radius 2 is 1.86 bits per heavy atom. The molecule has 2 amide bonds. The summed E-state index contributed by atoms with van der Waals surface area (Å²) >= 11 is 6.78. The highest BCUT2D eigenvalue weighted by molar-refractivity contribution is 9.11. The number of hydrazone groups is 1. The fraction of sp³-hybridized carbons (Fsp3) is 0.250. The average Bonchev–Trinajstić information content (AvgIpc) is 2.65. The fourth-order valence-corrected chi connectivity index (χ4v) is 3.22. The van der Waals surface area contributed by atoms with E-state index in [0.29, 0.717) is 27.2 Å². The summed E-state index contributed by atoms with van der Waals surface area (Å²) in [6.45, 7) is 3.84. The molecule has 0 aliphatic rings. The Balaban J connectivity index is 1.95. The number of hydrogen-bond donors (Lipinski definition) is 2. The largest absolute Gasteiger partial charge is 0.493 e. The Morgan fingerprint density at radius 1 is 1.14 bits per heavy atom. The Bertz CT molecular complexity index is 917. The van der Waals surface area contributed by atoms with Crippen LogP contribution in [0, 0.1) is 0 Å². The molecule has 0 bridgehead atoms. The maximum absolute atomic E-state index is 12.0. The lowest BCUT2D eigenvalue weighted by Gasteiger charge is -2.15. The van der Waals surface area contributed by atoms with Crippen LogP contribution in [0.3, 0.4) is 0 Å². The van der Waals surface area contributed by atoms with Crippen molar-refractivity contribution in [3.05, 3.63) is 50.9 Å². The molecule has 0 saturated carbocycles. The number of nitrogens with zero attached hydrogens (tertiary/aromatic N) is 1. The van der Waals surface area contributed by atoms with Gasteiger partial charge in [0, 0.05) is 4.47 Å².